The fourth-order valence-corrected chi connectivity index (χ4v) is 4.80. The summed E-state index contributed by atoms with van der Waals surface area (Å²) in [7, 11) is 0. The molecule has 0 N–H and O–H groups in total. The second-order valence-corrected chi connectivity index (χ2v) is 8.82. The molecule has 1 unspecified atom stereocenters. The fraction of sp³-hybridized carbons (Fsp3) is 0.286. The molecule has 3 aromatic rings. The van der Waals surface area contributed by atoms with Crippen molar-refractivity contribution in [3.8, 4) is 22.3 Å². The van der Waals surface area contributed by atoms with Gasteiger partial charge in [0, 0.05) is 16.7 Å². The zero-order valence-electron chi connectivity index (χ0n) is 17.8. The molecule has 32 heavy (non-hydrogen) atoms. The van der Waals surface area contributed by atoms with Crippen molar-refractivity contribution in [1.82, 2.24) is 0 Å². The first kappa shape index (κ1) is 21.0. The van der Waals surface area contributed by atoms with Crippen LogP contribution in [0, 0.1) is 23.4 Å². The number of epoxide rings is 1. The third kappa shape index (κ3) is 4.00. The van der Waals surface area contributed by atoms with Gasteiger partial charge >= 0.3 is 0 Å². The Hall–Kier alpha value is -2.85. The van der Waals surface area contributed by atoms with Crippen LogP contribution in [0.4, 0.5) is 13.2 Å². The van der Waals surface area contributed by atoms with Crippen molar-refractivity contribution in [2.45, 2.75) is 37.7 Å². The number of rotatable bonds is 5. The van der Waals surface area contributed by atoms with E-state index in [9.17, 15) is 13.2 Å². The normalized spacial score (nSPS) is 22.5. The lowest BCUT2D eigenvalue weighted by atomic mass is 9.78. The van der Waals surface area contributed by atoms with Gasteiger partial charge in [0.05, 0.1) is 6.61 Å². The Morgan fingerprint density at radius 1 is 0.781 bits per heavy atom. The van der Waals surface area contributed by atoms with Crippen LogP contribution in [-0.2, 0) is 4.74 Å². The monoisotopic (exact) mass is 434 g/mol. The maximum atomic E-state index is 15.0. The van der Waals surface area contributed by atoms with E-state index in [4.69, 9.17) is 4.74 Å². The van der Waals surface area contributed by atoms with Gasteiger partial charge in [-0.2, -0.15) is 0 Å². The summed E-state index contributed by atoms with van der Waals surface area (Å²) in [5.74, 6) is -1.04. The summed E-state index contributed by atoms with van der Waals surface area (Å²) in [6, 6.07) is 15.5. The first-order chi connectivity index (χ1) is 15.5. The molecule has 3 aromatic carbocycles. The highest BCUT2D eigenvalue weighted by molar-refractivity contribution is 5.71. The Balaban J connectivity index is 1.36. The molecule has 4 heteroatoms. The van der Waals surface area contributed by atoms with Crippen LogP contribution in [0.1, 0.15) is 48.8 Å². The van der Waals surface area contributed by atoms with Gasteiger partial charge in [-0.1, -0.05) is 54.6 Å². The molecule has 1 saturated carbocycles. The lowest BCUT2D eigenvalue weighted by Crippen LogP contribution is -2.11. The summed E-state index contributed by atoms with van der Waals surface area (Å²) in [6.07, 6.45) is 5.99. The molecule has 1 heterocycles. The number of hydrogen-bond donors (Lipinski definition) is 0. The second-order valence-electron chi connectivity index (χ2n) is 8.82. The SMILES string of the molecule is C=CC1CCC(c2ccc(-c3ccc(-c4ccc(C5CO5)c(F)c4F)cc3)c(F)c2)CC1. The Kier molecular flexibility index (Phi) is 5.64. The molecule has 1 saturated heterocycles. The molecule has 2 fully saturated rings. The molecule has 5 rings (SSSR count). The minimum absolute atomic E-state index is 0.185. The molecule has 164 valence electrons. The number of ether oxygens (including phenoxy) is 1. The molecule has 0 bridgehead atoms. The number of hydrogen-bond acceptors (Lipinski definition) is 1. The number of halogens is 3. The predicted octanol–water partition coefficient (Wildman–Crippen LogP) is 7.97. The maximum Gasteiger partial charge on any atom is 0.167 e. The Morgan fingerprint density at radius 3 is 2.00 bits per heavy atom. The molecule has 0 aromatic heterocycles. The van der Waals surface area contributed by atoms with Crippen LogP contribution in [-0.4, -0.2) is 6.61 Å². The van der Waals surface area contributed by atoms with Crippen LogP contribution < -0.4 is 0 Å². The third-order valence-corrected chi connectivity index (χ3v) is 6.87. The number of benzene rings is 3. The van der Waals surface area contributed by atoms with E-state index in [1.54, 1.807) is 42.5 Å². The molecular formula is C28H25F3O. The highest BCUT2D eigenvalue weighted by Gasteiger charge is 2.30. The van der Waals surface area contributed by atoms with Crippen LogP contribution in [0.2, 0.25) is 0 Å². The Bertz CT molecular complexity index is 1140. The first-order valence-corrected chi connectivity index (χ1v) is 11.2. The number of allylic oxidation sites excluding steroid dienone is 1. The largest absolute Gasteiger partial charge is 0.368 e. The van der Waals surface area contributed by atoms with Crippen LogP contribution >= 0.6 is 0 Å². The van der Waals surface area contributed by atoms with E-state index < -0.39 is 11.6 Å². The summed E-state index contributed by atoms with van der Waals surface area (Å²) in [4.78, 5) is 0. The van der Waals surface area contributed by atoms with Gasteiger partial charge < -0.3 is 4.74 Å². The second kappa shape index (κ2) is 8.59. The molecule has 2 aliphatic rings. The molecular weight excluding hydrogens is 409 g/mol. The van der Waals surface area contributed by atoms with Gasteiger partial charge in [0.1, 0.15) is 11.9 Å². The first-order valence-electron chi connectivity index (χ1n) is 11.2. The standard InChI is InChI=1S/C28H25F3O/c1-2-17-3-5-18(6-4-17)21-11-12-22(25(29)15-21)19-7-9-20(10-8-19)23-13-14-24(26-16-32-26)28(31)27(23)30/h2,7-15,17-18,26H,1,3-6,16H2. The fourth-order valence-electron chi connectivity index (χ4n) is 4.80. The average Bonchev–Trinajstić information content (AvgIpc) is 3.66. The van der Waals surface area contributed by atoms with Crippen molar-refractivity contribution in [3.05, 3.63) is 95.8 Å². The minimum atomic E-state index is -0.882. The van der Waals surface area contributed by atoms with Gasteiger partial charge in [0.15, 0.2) is 11.6 Å². The average molecular weight is 435 g/mol. The van der Waals surface area contributed by atoms with Crippen molar-refractivity contribution >= 4 is 0 Å². The Morgan fingerprint density at radius 2 is 1.41 bits per heavy atom. The van der Waals surface area contributed by atoms with Crippen molar-refractivity contribution in [1.29, 1.82) is 0 Å². The molecule has 0 amide bonds. The topological polar surface area (TPSA) is 12.5 Å². The van der Waals surface area contributed by atoms with Crippen LogP contribution in [0.25, 0.3) is 22.3 Å². The van der Waals surface area contributed by atoms with E-state index in [2.05, 4.69) is 6.58 Å². The summed E-state index contributed by atoms with van der Waals surface area (Å²) in [5, 5.41) is 0. The van der Waals surface area contributed by atoms with E-state index in [-0.39, 0.29) is 23.0 Å². The summed E-state index contributed by atoms with van der Waals surface area (Å²) < 4.78 is 49.0. The molecule has 1 aliphatic heterocycles. The highest BCUT2D eigenvalue weighted by Crippen LogP contribution is 2.38. The molecule has 0 radical (unpaired) electrons. The van der Waals surface area contributed by atoms with E-state index in [0.29, 0.717) is 35.1 Å². The van der Waals surface area contributed by atoms with Gasteiger partial charge in [-0.15, -0.1) is 6.58 Å². The molecule has 1 atom stereocenters. The molecule has 1 aliphatic carbocycles. The molecule has 1 nitrogen and oxygen atoms in total. The van der Waals surface area contributed by atoms with E-state index in [0.717, 1.165) is 31.2 Å². The zero-order valence-corrected chi connectivity index (χ0v) is 17.8. The third-order valence-electron chi connectivity index (χ3n) is 6.87. The lowest BCUT2D eigenvalue weighted by Gasteiger charge is -2.27. The van der Waals surface area contributed by atoms with Gasteiger partial charge in [0.25, 0.3) is 0 Å². The van der Waals surface area contributed by atoms with Gasteiger partial charge in [0.2, 0.25) is 0 Å². The van der Waals surface area contributed by atoms with Gasteiger partial charge in [-0.25, -0.2) is 13.2 Å². The van der Waals surface area contributed by atoms with Gasteiger partial charge in [-0.3, -0.25) is 0 Å². The van der Waals surface area contributed by atoms with Crippen molar-refractivity contribution in [2.24, 2.45) is 5.92 Å². The van der Waals surface area contributed by atoms with Gasteiger partial charge in [-0.05, 0) is 60.3 Å². The van der Waals surface area contributed by atoms with Crippen LogP contribution in [0.15, 0.2) is 67.3 Å². The summed E-state index contributed by atoms with van der Waals surface area (Å²) in [5.41, 5.74) is 3.24. The lowest BCUT2D eigenvalue weighted by molar-refractivity contribution is 0.375. The van der Waals surface area contributed by atoms with E-state index in [1.165, 1.54) is 0 Å². The van der Waals surface area contributed by atoms with Crippen LogP contribution in [0.5, 0.6) is 0 Å². The van der Waals surface area contributed by atoms with Crippen molar-refractivity contribution in [3.63, 3.8) is 0 Å². The highest BCUT2D eigenvalue weighted by atomic mass is 19.2. The molecule has 0 spiro atoms. The predicted molar refractivity (Wildman–Crippen MR) is 121 cm³/mol. The zero-order chi connectivity index (χ0) is 22.2. The maximum absolute atomic E-state index is 15.0. The van der Waals surface area contributed by atoms with Crippen molar-refractivity contribution < 1.29 is 17.9 Å². The quantitative estimate of drug-likeness (QED) is 0.293. The van der Waals surface area contributed by atoms with E-state index >= 15 is 0 Å². The summed E-state index contributed by atoms with van der Waals surface area (Å²) >= 11 is 0. The minimum Gasteiger partial charge on any atom is -0.368 e. The van der Waals surface area contributed by atoms with Crippen molar-refractivity contribution in [2.75, 3.05) is 6.61 Å². The smallest absolute Gasteiger partial charge is 0.167 e. The van der Waals surface area contributed by atoms with Crippen LogP contribution in [0.3, 0.4) is 0 Å². The Labute approximate surface area is 186 Å². The van der Waals surface area contributed by atoms with E-state index in [1.807, 2.05) is 18.2 Å². The summed E-state index contributed by atoms with van der Waals surface area (Å²) in [6.45, 7) is 4.31.